The lowest BCUT2D eigenvalue weighted by molar-refractivity contribution is -0.139. The van der Waals surface area contributed by atoms with Crippen LogP contribution in [-0.4, -0.2) is 35.2 Å². The van der Waals surface area contributed by atoms with Gasteiger partial charge in [0.2, 0.25) is 0 Å². The minimum atomic E-state index is -0.827. The molecule has 0 aromatic rings. The molecule has 0 bridgehead atoms. The Morgan fingerprint density at radius 1 is 1.77 bits per heavy atom. The molecule has 1 atom stereocenters. The largest absolute Gasteiger partial charge is 0.480 e. The zero-order chi connectivity index (χ0) is 10.1. The highest BCUT2D eigenvalue weighted by Gasteiger charge is 2.14. The van der Waals surface area contributed by atoms with Crippen molar-refractivity contribution in [2.45, 2.75) is 19.4 Å². The summed E-state index contributed by atoms with van der Waals surface area (Å²) >= 11 is 1.73. The predicted octanol–water partition coefficient (Wildman–Crippen LogP) is 0.806. The van der Waals surface area contributed by atoms with Crippen LogP contribution in [0.4, 0.5) is 0 Å². The second-order valence-corrected chi connectivity index (χ2v) is 3.86. The fourth-order valence-corrected chi connectivity index (χ4v) is 1.53. The summed E-state index contributed by atoms with van der Waals surface area (Å²) in [7, 11) is 0. The molecule has 0 heterocycles. The Bertz CT molecular complexity index is 189. The highest BCUT2D eigenvalue weighted by Crippen LogP contribution is 2.04. The molecule has 0 aromatic heterocycles. The maximum atomic E-state index is 10.7. The van der Waals surface area contributed by atoms with Crippen LogP contribution in [0, 0.1) is 12.3 Å². The van der Waals surface area contributed by atoms with E-state index in [4.69, 9.17) is 11.5 Å². The van der Waals surface area contributed by atoms with Crippen molar-refractivity contribution in [1.29, 1.82) is 0 Å². The first kappa shape index (κ1) is 12.3. The zero-order valence-electron chi connectivity index (χ0n) is 7.75. The first-order valence-electron chi connectivity index (χ1n) is 4.19. The minimum Gasteiger partial charge on any atom is -0.480 e. The molecule has 0 fully saturated rings. The highest BCUT2D eigenvalue weighted by molar-refractivity contribution is 7.99. The van der Waals surface area contributed by atoms with Crippen LogP contribution in [0.1, 0.15) is 13.3 Å². The lowest BCUT2D eigenvalue weighted by atomic mass is 10.2. The summed E-state index contributed by atoms with van der Waals surface area (Å²) in [5, 5.41) is 11.5. The van der Waals surface area contributed by atoms with Crippen molar-refractivity contribution in [3.05, 3.63) is 0 Å². The molecule has 0 aliphatic rings. The van der Waals surface area contributed by atoms with E-state index >= 15 is 0 Å². The molecule has 0 aliphatic heterocycles. The molecule has 0 radical (unpaired) electrons. The van der Waals surface area contributed by atoms with E-state index in [-0.39, 0.29) is 0 Å². The summed E-state index contributed by atoms with van der Waals surface area (Å²) < 4.78 is 0. The first-order chi connectivity index (χ1) is 6.22. The minimum absolute atomic E-state index is 0.313. The molecule has 0 spiro atoms. The summed E-state index contributed by atoms with van der Waals surface area (Å²) in [6, 6.07) is -0.505. The molecule has 4 heteroatoms. The fraction of sp³-hybridized carbons (Fsp3) is 0.667. The van der Waals surface area contributed by atoms with Gasteiger partial charge in [-0.05, 0) is 17.9 Å². The van der Waals surface area contributed by atoms with Gasteiger partial charge in [-0.1, -0.05) is 12.8 Å². The van der Waals surface area contributed by atoms with Crippen LogP contribution in [0.5, 0.6) is 0 Å². The van der Waals surface area contributed by atoms with E-state index in [2.05, 4.69) is 18.2 Å². The SMILES string of the molecule is C#CCNC(CCSCC)C(=O)O. The van der Waals surface area contributed by atoms with Crippen molar-refractivity contribution >= 4 is 17.7 Å². The second kappa shape index (κ2) is 7.96. The van der Waals surface area contributed by atoms with Crippen LogP contribution >= 0.6 is 11.8 Å². The average molecular weight is 201 g/mol. The molecule has 0 rings (SSSR count). The molecule has 0 aliphatic carbocycles. The first-order valence-corrected chi connectivity index (χ1v) is 5.35. The molecule has 0 saturated carbocycles. The highest BCUT2D eigenvalue weighted by atomic mass is 32.2. The number of nitrogens with one attached hydrogen (secondary N) is 1. The van der Waals surface area contributed by atoms with Gasteiger partial charge in [-0.2, -0.15) is 11.8 Å². The Balaban J connectivity index is 3.68. The molecule has 74 valence electrons. The third-order valence-electron chi connectivity index (χ3n) is 1.50. The van der Waals surface area contributed by atoms with Crippen LogP contribution in [0.15, 0.2) is 0 Å². The Labute approximate surface area is 83.3 Å². The van der Waals surface area contributed by atoms with Crippen molar-refractivity contribution in [1.82, 2.24) is 5.32 Å². The topological polar surface area (TPSA) is 49.3 Å². The normalized spacial score (nSPS) is 12.0. The predicted molar refractivity (Wildman–Crippen MR) is 55.9 cm³/mol. The van der Waals surface area contributed by atoms with Gasteiger partial charge in [-0.15, -0.1) is 6.42 Å². The van der Waals surface area contributed by atoms with Crippen molar-refractivity contribution in [3.63, 3.8) is 0 Å². The van der Waals surface area contributed by atoms with Crippen molar-refractivity contribution in [2.24, 2.45) is 0 Å². The number of carboxylic acid groups (broad SMARTS) is 1. The number of thioether (sulfide) groups is 1. The number of hydrogen-bond donors (Lipinski definition) is 2. The summed E-state index contributed by atoms with van der Waals surface area (Å²) in [5.74, 6) is 3.40. The molecule has 3 nitrogen and oxygen atoms in total. The number of hydrogen-bond acceptors (Lipinski definition) is 3. The van der Waals surface area contributed by atoms with Gasteiger partial charge in [-0.3, -0.25) is 10.1 Å². The van der Waals surface area contributed by atoms with E-state index in [0.717, 1.165) is 11.5 Å². The van der Waals surface area contributed by atoms with E-state index in [1.54, 1.807) is 11.8 Å². The molecule has 2 N–H and O–H groups in total. The van der Waals surface area contributed by atoms with Gasteiger partial charge >= 0.3 is 5.97 Å². The van der Waals surface area contributed by atoms with Gasteiger partial charge in [0.1, 0.15) is 6.04 Å². The van der Waals surface area contributed by atoms with E-state index in [9.17, 15) is 4.79 Å². The van der Waals surface area contributed by atoms with Gasteiger partial charge < -0.3 is 5.11 Å². The molecule has 13 heavy (non-hydrogen) atoms. The number of aliphatic carboxylic acids is 1. The lowest BCUT2D eigenvalue weighted by Gasteiger charge is -2.11. The number of carboxylic acids is 1. The maximum Gasteiger partial charge on any atom is 0.320 e. The monoisotopic (exact) mass is 201 g/mol. The Hall–Kier alpha value is -0.660. The number of rotatable bonds is 7. The van der Waals surface area contributed by atoms with Gasteiger partial charge in [0, 0.05) is 0 Å². The van der Waals surface area contributed by atoms with Crippen LogP contribution in [0.2, 0.25) is 0 Å². The lowest BCUT2D eigenvalue weighted by Crippen LogP contribution is -2.37. The van der Waals surface area contributed by atoms with Crippen molar-refractivity contribution in [3.8, 4) is 12.3 Å². The molecule has 0 aromatic carbocycles. The summed E-state index contributed by atoms with van der Waals surface area (Å²) in [5.41, 5.74) is 0. The van der Waals surface area contributed by atoms with E-state index < -0.39 is 12.0 Å². The summed E-state index contributed by atoms with van der Waals surface area (Å²) in [4.78, 5) is 10.7. The molecule has 0 amide bonds. The van der Waals surface area contributed by atoms with Crippen molar-refractivity contribution < 1.29 is 9.90 Å². The third kappa shape index (κ3) is 6.50. The summed E-state index contributed by atoms with van der Waals surface area (Å²) in [6.07, 6.45) is 5.64. The van der Waals surface area contributed by atoms with Crippen molar-refractivity contribution in [2.75, 3.05) is 18.1 Å². The molecular weight excluding hydrogens is 186 g/mol. The van der Waals surface area contributed by atoms with Crippen LogP contribution in [0.25, 0.3) is 0 Å². The van der Waals surface area contributed by atoms with Crippen LogP contribution < -0.4 is 5.32 Å². The number of terminal acetylenes is 1. The van der Waals surface area contributed by atoms with Gasteiger partial charge in [0.05, 0.1) is 6.54 Å². The summed E-state index contributed by atoms with van der Waals surface area (Å²) in [6.45, 7) is 2.36. The van der Waals surface area contributed by atoms with Gasteiger partial charge in [0.15, 0.2) is 0 Å². The number of carbonyl (C=O) groups is 1. The Morgan fingerprint density at radius 3 is 2.92 bits per heavy atom. The quantitative estimate of drug-likeness (QED) is 0.472. The van der Waals surface area contributed by atoms with Crippen LogP contribution in [0.3, 0.4) is 0 Å². The maximum absolute atomic E-state index is 10.7. The Morgan fingerprint density at radius 2 is 2.46 bits per heavy atom. The van der Waals surface area contributed by atoms with Gasteiger partial charge in [-0.25, -0.2) is 0 Å². The molecule has 0 saturated heterocycles. The third-order valence-corrected chi connectivity index (χ3v) is 2.44. The fourth-order valence-electron chi connectivity index (χ4n) is 0.840. The molecule has 1 unspecified atom stereocenters. The average Bonchev–Trinajstić information content (AvgIpc) is 2.10. The van der Waals surface area contributed by atoms with E-state index in [0.29, 0.717) is 13.0 Å². The molecular formula is C9H15NO2S. The zero-order valence-corrected chi connectivity index (χ0v) is 8.56. The van der Waals surface area contributed by atoms with Gasteiger partial charge in [0.25, 0.3) is 0 Å². The second-order valence-electron chi connectivity index (χ2n) is 2.46. The van der Waals surface area contributed by atoms with E-state index in [1.807, 2.05) is 0 Å². The van der Waals surface area contributed by atoms with E-state index in [1.165, 1.54) is 0 Å². The standard InChI is InChI=1S/C9H15NO2S/c1-3-6-10-8(9(11)12)5-7-13-4-2/h1,8,10H,4-7H2,2H3,(H,11,12). The Kier molecular flexibility index (Phi) is 7.56. The smallest absolute Gasteiger partial charge is 0.320 e. The van der Waals surface area contributed by atoms with Crippen LogP contribution in [-0.2, 0) is 4.79 Å².